The van der Waals surface area contributed by atoms with Crippen molar-refractivity contribution < 1.29 is 9.90 Å². The van der Waals surface area contributed by atoms with E-state index in [-0.39, 0.29) is 0 Å². The number of hydrogen-bond donors (Lipinski definition) is 1. The largest absolute Gasteiger partial charge is 0.478 e. The van der Waals surface area contributed by atoms with E-state index in [9.17, 15) is 4.79 Å². The van der Waals surface area contributed by atoms with Crippen LogP contribution in [0.15, 0.2) is 30.3 Å². The Kier molecular flexibility index (Phi) is 4.93. The lowest BCUT2D eigenvalue weighted by atomic mass is 10.1. The van der Waals surface area contributed by atoms with Crippen LogP contribution in [0.4, 0.5) is 0 Å². The van der Waals surface area contributed by atoms with Gasteiger partial charge in [-0.25, -0.2) is 4.79 Å². The second-order valence-electron chi connectivity index (χ2n) is 5.49. The summed E-state index contributed by atoms with van der Waals surface area (Å²) >= 11 is 0. The van der Waals surface area contributed by atoms with Crippen molar-refractivity contribution in [2.75, 3.05) is 26.7 Å². The van der Waals surface area contributed by atoms with Gasteiger partial charge in [0, 0.05) is 38.3 Å². The molecule has 0 spiro atoms. The lowest BCUT2D eigenvalue weighted by Crippen LogP contribution is -2.49. The van der Waals surface area contributed by atoms with E-state index < -0.39 is 5.97 Å². The molecule has 0 saturated carbocycles. The van der Waals surface area contributed by atoms with Crippen LogP contribution in [0.1, 0.15) is 18.1 Å². The Bertz CT molecular complexity index is 482. The Morgan fingerprint density at radius 1 is 1.35 bits per heavy atom. The molecule has 1 heterocycles. The number of rotatable bonds is 4. The van der Waals surface area contributed by atoms with Crippen LogP contribution in [-0.4, -0.2) is 53.6 Å². The fourth-order valence-corrected chi connectivity index (χ4v) is 2.55. The maximum atomic E-state index is 10.5. The Morgan fingerprint density at radius 2 is 2.05 bits per heavy atom. The summed E-state index contributed by atoms with van der Waals surface area (Å²) in [6, 6.07) is 8.66. The van der Waals surface area contributed by atoms with Gasteiger partial charge in [0.1, 0.15) is 0 Å². The van der Waals surface area contributed by atoms with E-state index in [4.69, 9.17) is 5.11 Å². The van der Waals surface area contributed by atoms with Gasteiger partial charge < -0.3 is 10.0 Å². The van der Waals surface area contributed by atoms with Gasteiger partial charge in [-0.1, -0.05) is 24.3 Å². The van der Waals surface area contributed by atoms with E-state index in [2.05, 4.69) is 35.9 Å². The SMILES string of the molecule is CC1CN(C)CCN1Cc1ccc(/C=C/C(=O)O)cc1. The van der Waals surface area contributed by atoms with E-state index in [1.807, 2.05) is 12.1 Å². The van der Waals surface area contributed by atoms with Crippen molar-refractivity contribution in [2.45, 2.75) is 19.5 Å². The normalized spacial score (nSPS) is 21.4. The summed E-state index contributed by atoms with van der Waals surface area (Å²) in [5.74, 6) is -0.916. The number of likely N-dealkylation sites (N-methyl/N-ethyl adjacent to an activating group) is 1. The molecule has 1 aromatic rings. The highest BCUT2D eigenvalue weighted by Gasteiger charge is 2.20. The van der Waals surface area contributed by atoms with Gasteiger partial charge >= 0.3 is 5.97 Å². The molecule has 1 fully saturated rings. The molecule has 1 atom stereocenters. The Morgan fingerprint density at radius 3 is 2.65 bits per heavy atom. The lowest BCUT2D eigenvalue weighted by Gasteiger charge is -2.38. The Balaban J connectivity index is 1.95. The first kappa shape index (κ1) is 14.8. The van der Waals surface area contributed by atoms with Crippen molar-refractivity contribution in [3.63, 3.8) is 0 Å². The summed E-state index contributed by atoms with van der Waals surface area (Å²) in [5, 5.41) is 8.60. The van der Waals surface area contributed by atoms with Gasteiger partial charge in [-0.05, 0) is 31.2 Å². The molecule has 4 heteroatoms. The maximum absolute atomic E-state index is 10.5. The van der Waals surface area contributed by atoms with Crippen molar-refractivity contribution in [1.82, 2.24) is 9.80 Å². The van der Waals surface area contributed by atoms with Crippen molar-refractivity contribution in [3.8, 4) is 0 Å². The highest BCUT2D eigenvalue weighted by atomic mass is 16.4. The van der Waals surface area contributed by atoms with Gasteiger partial charge in [0.25, 0.3) is 0 Å². The smallest absolute Gasteiger partial charge is 0.328 e. The summed E-state index contributed by atoms with van der Waals surface area (Å²) in [7, 11) is 2.16. The predicted octanol–water partition coefficient (Wildman–Crippen LogP) is 1.92. The fraction of sp³-hybridized carbons (Fsp3) is 0.438. The number of aliphatic carboxylic acids is 1. The molecule has 0 aromatic heterocycles. The zero-order chi connectivity index (χ0) is 14.5. The van der Waals surface area contributed by atoms with Crippen molar-refractivity contribution in [3.05, 3.63) is 41.5 Å². The third-order valence-corrected chi connectivity index (χ3v) is 3.75. The van der Waals surface area contributed by atoms with Gasteiger partial charge in [-0.3, -0.25) is 4.90 Å². The molecule has 2 rings (SSSR count). The summed E-state index contributed by atoms with van der Waals surface area (Å²) in [6.45, 7) is 6.54. The molecule has 20 heavy (non-hydrogen) atoms. The van der Waals surface area contributed by atoms with Gasteiger partial charge in [0.05, 0.1) is 0 Å². The highest BCUT2D eigenvalue weighted by molar-refractivity contribution is 5.85. The number of piperazine rings is 1. The zero-order valence-corrected chi connectivity index (χ0v) is 12.1. The first-order valence-electron chi connectivity index (χ1n) is 6.97. The van der Waals surface area contributed by atoms with Crippen LogP contribution in [0.25, 0.3) is 6.08 Å². The molecule has 0 amide bonds. The molecule has 1 aromatic carbocycles. The minimum absolute atomic E-state index is 0.570. The van der Waals surface area contributed by atoms with E-state index in [1.54, 1.807) is 6.08 Å². The molecule has 0 bridgehead atoms. The van der Waals surface area contributed by atoms with E-state index in [0.717, 1.165) is 37.8 Å². The number of nitrogens with zero attached hydrogens (tertiary/aromatic N) is 2. The van der Waals surface area contributed by atoms with Gasteiger partial charge in [0.15, 0.2) is 0 Å². The topological polar surface area (TPSA) is 43.8 Å². The minimum atomic E-state index is -0.916. The number of carbonyl (C=O) groups is 1. The van der Waals surface area contributed by atoms with E-state index in [1.165, 1.54) is 5.56 Å². The van der Waals surface area contributed by atoms with Crippen LogP contribution < -0.4 is 0 Å². The second-order valence-corrected chi connectivity index (χ2v) is 5.49. The number of hydrogen-bond acceptors (Lipinski definition) is 3. The molecular formula is C16H22N2O2. The Labute approximate surface area is 120 Å². The van der Waals surface area contributed by atoms with E-state index in [0.29, 0.717) is 6.04 Å². The van der Waals surface area contributed by atoms with Crippen molar-refractivity contribution in [2.24, 2.45) is 0 Å². The van der Waals surface area contributed by atoms with Crippen molar-refractivity contribution in [1.29, 1.82) is 0 Å². The highest BCUT2D eigenvalue weighted by Crippen LogP contribution is 2.14. The van der Waals surface area contributed by atoms with Crippen LogP contribution >= 0.6 is 0 Å². The van der Waals surface area contributed by atoms with Crippen LogP contribution in [-0.2, 0) is 11.3 Å². The molecule has 1 aliphatic rings. The molecular weight excluding hydrogens is 252 g/mol. The molecule has 0 radical (unpaired) electrons. The standard InChI is InChI=1S/C16H22N2O2/c1-13-11-17(2)9-10-18(13)12-15-5-3-14(4-6-15)7-8-16(19)20/h3-8,13H,9-12H2,1-2H3,(H,19,20)/b8-7+. The third-order valence-electron chi connectivity index (χ3n) is 3.75. The van der Waals surface area contributed by atoms with Crippen LogP contribution in [0.3, 0.4) is 0 Å². The summed E-state index contributed by atoms with van der Waals surface area (Å²) in [5.41, 5.74) is 2.19. The summed E-state index contributed by atoms with van der Waals surface area (Å²) in [4.78, 5) is 15.3. The van der Waals surface area contributed by atoms with Gasteiger partial charge in [0.2, 0.25) is 0 Å². The van der Waals surface area contributed by atoms with Crippen LogP contribution in [0.2, 0.25) is 0 Å². The maximum Gasteiger partial charge on any atom is 0.328 e. The molecule has 1 N–H and O–H groups in total. The monoisotopic (exact) mass is 274 g/mol. The summed E-state index contributed by atoms with van der Waals surface area (Å²) < 4.78 is 0. The Hall–Kier alpha value is -1.65. The molecule has 1 aliphatic heterocycles. The van der Waals surface area contributed by atoms with Crippen molar-refractivity contribution >= 4 is 12.0 Å². The van der Waals surface area contributed by atoms with E-state index >= 15 is 0 Å². The fourth-order valence-electron chi connectivity index (χ4n) is 2.55. The molecule has 1 saturated heterocycles. The quantitative estimate of drug-likeness (QED) is 0.852. The molecule has 1 unspecified atom stereocenters. The zero-order valence-electron chi connectivity index (χ0n) is 12.1. The number of carboxylic acid groups (broad SMARTS) is 1. The average Bonchev–Trinajstić information content (AvgIpc) is 2.41. The first-order chi connectivity index (χ1) is 9.54. The molecule has 108 valence electrons. The molecule has 4 nitrogen and oxygen atoms in total. The summed E-state index contributed by atoms with van der Waals surface area (Å²) in [6.07, 6.45) is 2.78. The predicted molar refractivity (Wildman–Crippen MR) is 80.5 cm³/mol. The molecule has 0 aliphatic carbocycles. The number of benzene rings is 1. The van der Waals surface area contributed by atoms with Gasteiger partial charge in [-0.15, -0.1) is 0 Å². The third kappa shape index (κ3) is 4.18. The van der Waals surface area contributed by atoms with Crippen LogP contribution in [0, 0.1) is 0 Å². The lowest BCUT2D eigenvalue weighted by molar-refractivity contribution is -0.131. The first-order valence-corrected chi connectivity index (χ1v) is 6.97. The second kappa shape index (κ2) is 6.68. The van der Waals surface area contributed by atoms with Gasteiger partial charge in [-0.2, -0.15) is 0 Å². The minimum Gasteiger partial charge on any atom is -0.478 e. The van der Waals surface area contributed by atoms with Crippen LogP contribution in [0.5, 0.6) is 0 Å². The number of carboxylic acids is 1. The average molecular weight is 274 g/mol.